The van der Waals surface area contributed by atoms with Crippen LogP contribution in [0.1, 0.15) is 17.0 Å². The molecular weight excluding hydrogens is 347 g/mol. The topological polar surface area (TPSA) is 34.9 Å². The van der Waals surface area contributed by atoms with Crippen molar-refractivity contribution in [2.24, 2.45) is 0 Å². The minimum absolute atomic E-state index is 0.0893. The third-order valence-corrected chi connectivity index (χ3v) is 5.35. The fraction of sp³-hybridized carbons (Fsp3) is 0.143. The number of rotatable bonds is 3. The predicted molar refractivity (Wildman–Crippen MR) is 104 cm³/mol. The van der Waals surface area contributed by atoms with E-state index in [1.54, 1.807) is 10.6 Å². The van der Waals surface area contributed by atoms with Gasteiger partial charge in [-0.05, 0) is 37.1 Å². The maximum absolute atomic E-state index is 13.5. The highest BCUT2D eigenvalue weighted by Crippen LogP contribution is 2.31. The van der Waals surface area contributed by atoms with Gasteiger partial charge in [-0.15, -0.1) is 11.3 Å². The van der Waals surface area contributed by atoms with E-state index in [-0.39, 0.29) is 11.4 Å². The number of thiophene rings is 1. The van der Waals surface area contributed by atoms with Gasteiger partial charge in [0.25, 0.3) is 5.56 Å². The van der Waals surface area contributed by atoms with Gasteiger partial charge in [-0.3, -0.25) is 9.36 Å². The summed E-state index contributed by atoms with van der Waals surface area (Å²) < 4.78 is 15.1. The minimum atomic E-state index is -0.307. The van der Waals surface area contributed by atoms with Crippen molar-refractivity contribution in [1.29, 1.82) is 0 Å². The molecule has 0 unspecified atom stereocenters. The first kappa shape index (κ1) is 16.7. The number of hydrogen-bond donors (Lipinski definition) is 0. The summed E-state index contributed by atoms with van der Waals surface area (Å²) in [5.74, 6) is 0.321. The number of fused-ring (bicyclic) bond motifs is 1. The van der Waals surface area contributed by atoms with Crippen LogP contribution in [0.15, 0.2) is 58.7 Å². The van der Waals surface area contributed by atoms with Crippen molar-refractivity contribution in [3.8, 4) is 11.1 Å². The first-order valence-electron chi connectivity index (χ1n) is 8.33. The van der Waals surface area contributed by atoms with Gasteiger partial charge < -0.3 is 0 Å². The second kappa shape index (κ2) is 6.50. The molecule has 0 bridgehead atoms. The zero-order chi connectivity index (χ0) is 18.3. The molecule has 0 spiro atoms. The lowest BCUT2D eigenvalue weighted by Crippen LogP contribution is -2.24. The van der Waals surface area contributed by atoms with Crippen molar-refractivity contribution in [3.05, 3.63) is 87.0 Å². The van der Waals surface area contributed by atoms with E-state index in [0.29, 0.717) is 17.8 Å². The normalized spacial score (nSPS) is 11.2. The van der Waals surface area contributed by atoms with Gasteiger partial charge in [0.1, 0.15) is 16.5 Å². The smallest absolute Gasteiger partial charge is 0.263 e. The number of aryl methyl sites for hydroxylation is 2. The lowest BCUT2D eigenvalue weighted by molar-refractivity contribution is 0.621. The van der Waals surface area contributed by atoms with E-state index in [2.05, 4.69) is 4.98 Å². The van der Waals surface area contributed by atoms with Crippen LogP contribution in [0.2, 0.25) is 0 Å². The van der Waals surface area contributed by atoms with E-state index in [0.717, 1.165) is 21.5 Å². The van der Waals surface area contributed by atoms with Gasteiger partial charge in [0, 0.05) is 10.9 Å². The first-order valence-corrected chi connectivity index (χ1v) is 9.21. The molecule has 0 aliphatic rings. The maximum atomic E-state index is 13.5. The van der Waals surface area contributed by atoms with Crippen molar-refractivity contribution in [3.63, 3.8) is 0 Å². The SMILES string of the molecule is Cc1ccc(-c2csc3nc(C)n(Cc4cccc(F)c4)c(=O)c23)cc1. The van der Waals surface area contributed by atoms with E-state index in [9.17, 15) is 9.18 Å². The quantitative estimate of drug-likeness (QED) is 0.517. The van der Waals surface area contributed by atoms with E-state index in [1.807, 2.05) is 49.6 Å². The second-order valence-electron chi connectivity index (χ2n) is 6.38. The van der Waals surface area contributed by atoms with E-state index in [1.165, 1.54) is 29.0 Å². The van der Waals surface area contributed by atoms with Gasteiger partial charge in [-0.25, -0.2) is 9.37 Å². The number of aromatic nitrogens is 2. The molecule has 2 aromatic carbocycles. The Hall–Kier alpha value is -2.79. The number of halogens is 1. The van der Waals surface area contributed by atoms with E-state index in [4.69, 9.17) is 0 Å². The number of hydrogen-bond acceptors (Lipinski definition) is 3. The van der Waals surface area contributed by atoms with Crippen LogP contribution >= 0.6 is 11.3 Å². The average molecular weight is 364 g/mol. The van der Waals surface area contributed by atoms with Crippen LogP contribution in [-0.4, -0.2) is 9.55 Å². The fourth-order valence-electron chi connectivity index (χ4n) is 3.08. The molecule has 130 valence electrons. The largest absolute Gasteiger partial charge is 0.292 e. The Bertz CT molecular complexity index is 1160. The molecule has 4 rings (SSSR count). The molecule has 0 fully saturated rings. The molecule has 26 heavy (non-hydrogen) atoms. The van der Waals surface area contributed by atoms with Crippen LogP contribution in [0, 0.1) is 19.7 Å². The van der Waals surface area contributed by atoms with Crippen LogP contribution in [-0.2, 0) is 6.54 Å². The Morgan fingerprint density at radius 2 is 1.88 bits per heavy atom. The average Bonchev–Trinajstić information content (AvgIpc) is 3.03. The van der Waals surface area contributed by atoms with E-state index < -0.39 is 0 Å². The lowest BCUT2D eigenvalue weighted by Gasteiger charge is -2.10. The van der Waals surface area contributed by atoms with Crippen molar-refractivity contribution in [2.75, 3.05) is 0 Å². The summed E-state index contributed by atoms with van der Waals surface area (Å²) in [6.07, 6.45) is 0. The molecular formula is C21H17FN2OS. The van der Waals surface area contributed by atoms with Gasteiger partial charge in [-0.2, -0.15) is 0 Å². The molecule has 5 heteroatoms. The number of benzene rings is 2. The van der Waals surface area contributed by atoms with Gasteiger partial charge >= 0.3 is 0 Å². The molecule has 0 atom stereocenters. The lowest BCUT2D eigenvalue weighted by atomic mass is 10.0. The van der Waals surface area contributed by atoms with E-state index >= 15 is 0 Å². The highest BCUT2D eigenvalue weighted by Gasteiger charge is 2.15. The molecule has 0 N–H and O–H groups in total. The van der Waals surface area contributed by atoms with Crippen LogP contribution in [0.5, 0.6) is 0 Å². The summed E-state index contributed by atoms with van der Waals surface area (Å²) in [5, 5.41) is 2.61. The standard InChI is InChI=1S/C21H17FN2OS/c1-13-6-8-16(9-7-13)18-12-26-20-19(18)21(25)24(14(2)23-20)11-15-4-3-5-17(22)10-15/h3-10,12H,11H2,1-2H3. The summed E-state index contributed by atoms with van der Waals surface area (Å²) in [4.78, 5) is 18.5. The van der Waals surface area contributed by atoms with Crippen LogP contribution in [0.3, 0.4) is 0 Å². The molecule has 0 aliphatic carbocycles. The van der Waals surface area contributed by atoms with Crippen LogP contribution in [0.25, 0.3) is 21.3 Å². The van der Waals surface area contributed by atoms with Crippen LogP contribution < -0.4 is 5.56 Å². The van der Waals surface area contributed by atoms with Gasteiger partial charge in [0.15, 0.2) is 0 Å². The first-order chi connectivity index (χ1) is 12.5. The van der Waals surface area contributed by atoms with Crippen molar-refractivity contribution < 1.29 is 4.39 Å². The molecule has 2 heterocycles. The third-order valence-electron chi connectivity index (χ3n) is 4.48. The monoisotopic (exact) mass is 364 g/mol. The predicted octanol–water partition coefficient (Wildman–Crippen LogP) is 4.93. The Morgan fingerprint density at radius 1 is 1.12 bits per heavy atom. The molecule has 0 amide bonds. The van der Waals surface area contributed by atoms with Crippen molar-refractivity contribution in [1.82, 2.24) is 9.55 Å². The van der Waals surface area contributed by atoms with Crippen molar-refractivity contribution in [2.45, 2.75) is 20.4 Å². The second-order valence-corrected chi connectivity index (χ2v) is 7.23. The summed E-state index contributed by atoms with van der Waals surface area (Å²) in [5.41, 5.74) is 3.72. The molecule has 4 aromatic rings. The Kier molecular flexibility index (Phi) is 4.17. The fourth-order valence-corrected chi connectivity index (χ4v) is 4.06. The zero-order valence-corrected chi connectivity index (χ0v) is 15.3. The van der Waals surface area contributed by atoms with Gasteiger partial charge in [0.2, 0.25) is 0 Å². The molecule has 2 aromatic heterocycles. The minimum Gasteiger partial charge on any atom is -0.292 e. The highest BCUT2D eigenvalue weighted by atomic mass is 32.1. The molecule has 0 saturated heterocycles. The highest BCUT2D eigenvalue weighted by molar-refractivity contribution is 7.17. The molecule has 3 nitrogen and oxygen atoms in total. The van der Waals surface area contributed by atoms with Crippen molar-refractivity contribution >= 4 is 21.6 Å². The Labute approximate surface area is 154 Å². The third kappa shape index (κ3) is 2.95. The summed E-state index contributed by atoms with van der Waals surface area (Å²) >= 11 is 1.47. The zero-order valence-electron chi connectivity index (χ0n) is 14.5. The number of nitrogens with zero attached hydrogens (tertiary/aromatic N) is 2. The Morgan fingerprint density at radius 3 is 2.62 bits per heavy atom. The molecule has 0 radical (unpaired) electrons. The summed E-state index contributed by atoms with van der Waals surface area (Å²) in [6.45, 7) is 4.15. The maximum Gasteiger partial charge on any atom is 0.263 e. The molecule has 0 saturated carbocycles. The molecule has 0 aliphatic heterocycles. The van der Waals surface area contributed by atoms with Gasteiger partial charge in [-0.1, -0.05) is 42.0 Å². The van der Waals surface area contributed by atoms with Gasteiger partial charge in [0.05, 0.1) is 11.9 Å². The summed E-state index contributed by atoms with van der Waals surface area (Å²) in [6, 6.07) is 14.4. The summed E-state index contributed by atoms with van der Waals surface area (Å²) in [7, 11) is 0. The van der Waals surface area contributed by atoms with Crippen LogP contribution in [0.4, 0.5) is 4.39 Å². The Balaban J connectivity index is 1.88.